The highest BCUT2D eigenvalue weighted by Crippen LogP contribution is 2.39. The lowest BCUT2D eigenvalue weighted by Crippen LogP contribution is -2.00. The summed E-state index contributed by atoms with van der Waals surface area (Å²) in [7, 11) is 0. The molecule has 0 aliphatic heterocycles. The fourth-order valence-electron chi connectivity index (χ4n) is 7.32. The summed E-state index contributed by atoms with van der Waals surface area (Å²) in [5, 5.41) is 1.27. The molecule has 10 aromatic rings. The van der Waals surface area contributed by atoms with Crippen LogP contribution in [0.25, 0.3) is 95.0 Å². The first-order valence-corrected chi connectivity index (χ1v) is 18.2. The number of nitrogens with zero attached hydrogens (tertiary/aromatic N) is 4. The second-order valence-electron chi connectivity index (χ2n) is 13.4. The molecule has 2 aromatic heterocycles. The largest absolute Gasteiger partial charge is 0.309 e. The van der Waals surface area contributed by atoms with Crippen molar-refractivity contribution in [2.75, 3.05) is 0 Å². The van der Waals surface area contributed by atoms with Crippen LogP contribution in [0.5, 0.6) is 0 Å². The second-order valence-corrected chi connectivity index (χ2v) is 13.4. The molecule has 55 heavy (non-hydrogen) atoms. The Morgan fingerprint density at radius 1 is 0.364 bits per heavy atom. The van der Waals surface area contributed by atoms with E-state index in [1.54, 1.807) is 0 Å². The molecular weight excluding hydrogens is 669 g/mol. The van der Waals surface area contributed by atoms with Crippen molar-refractivity contribution >= 4 is 21.8 Å². The monoisotopic (exact) mass is 706 g/mol. The van der Waals surface area contributed by atoms with Crippen LogP contribution < -0.4 is 0 Å². The molecule has 10 rings (SSSR count). The molecule has 0 saturated heterocycles. The minimum atomic E-state index is -0.267. The molecule has 0 amide bonds. The molecule has 0 saturated carbocycles. The van der Waals surface area contributed by atoms with Crippen LogP contribution >= 0.6 is 0 Å². The summed E-state index contributed by atoms with van der Waals surface area (Å²) in [5.74, 6) is 1.77. The first-order valence-electron chi connectivity index (χ1n) is 20.2. The van der Waals surface area contributed by atoms with Gasteiger partial charge in [-0.3, -0.25) is 0 Å². The van der Waals surface area contributed by atoms with E-state index < -0.39 is 0 Å². The summed E-state index contributed by atoms with van der Waals surface area (Å²) >= 11 is 0. The van der Waals surface area contributed by atoms with E-state index in [0.29, 0.717) is 28.4 Å². The fraction of sp³-hybridized carbons (Fsp3) is 0. The van der Waals surface area contributed by atoms with E-state index in [9.17, 15) is 1.37 Å². The normalized spacial score (nSPS) is 12.3. The van der Waals surface area contributed by atoms with Crippen molar-refractivity contribution in [3.8, 4) is 73.2 Å². The zero-order valence-corrected chi connectivity index (χ0v) is 29.6. The maximum Gasteiger partial charge on any atom is 0.164 e. The van der Waals surface area contributed by atoms with Crippen LogP contribution in [0.4, 0.5) is 0 Å². The topological polar surface area (TPSA) is 43.6 Å². The average molecular weight is 707 g/mol. The predicted octanol–water partition coefficient (Wildman–Crippen LogP) is 13.0. The van der Waals surface area contributed by atoms with E-state index >= 15 is 0 Å². The van der Waals surface area contributed by atoms with Crippen molar-refractivity contribution in [1.29, 1.82) is 0 Å². The Morgan fingerprint density at radius 3 is 1.44 bits per heavy atom. The summed E-state index contributed by atoms with van der Waals surface area (Å²) in [5.41, 5.74) is 10.7. The molecule has 0 N–H and O–H groups in total. The summed E-state index contributed by atoms with van der Waals surface area (Å²) in [4.78, 5) is 14.6. The maximum absolute atomic E-state index is 9.18. The quantitative estimate of drug-likeness (QED) is 0.166. The molecule has 0 fully saturated rings. The Labute approximate surface area is 325 Å². The van der Waals surface area contributed by atoms with E-state index in [-0.39, 0.29) is 24.2 Å². The van der Waals surface area contributed by atoms with Crippen LogP contribution in [-0.4, -0.2) is 19.5 Å². The number of hydrogen-bond acceptors (Lipinski definition) is 3. The smallest absolute Gasteiger partial charge is 0.164 e. The molecule has 0 spiro atoms. The summed E-state index contributed by atoms with van der Waals surface area (Å²) in [6.45, 7) is 0. The van der Waals surface area contributed by atoms with Crippen molar-refractivity contribution in [3.63, 3.8) is 0 Å². The van der Waals surface area contributed by atoms with Gasteiger partial charge in [-0.15, -0.1) is 0 Å². The van der Waals surface area contributed by atoms with Gasteiger partial charge in [0.05, 0.1) is 16.5 Å². The number of fused-ring (bicyclic) bond motifs is 3. The Bertz CT molecular complexity index is 3110. The fourth-order valence-corrected chi connectivity index (χ4v) is 7.32. The highest BCUT2D eigenvalue weighted by Gasteiger charge is 2.17. The SMILES string of the molecule is [2H]c1c([2H])c([2H])c2c(c1[2H])c1c(-c3ccc(-c4ccccc4)cc3)cccc1n2-c1cccc(-c2ccc(-c3nc(-c4ccccc4)nc(-c4ccccc4)n3)cc2)c1. The Morgan fingerprint density at radius 2 is 0.818 bits per heavy atom. The van der Waals surface area contributed by atoms with Crippen molar-refractivity contribution in [2.45, 2.75) is 0 Å². The molecule has 0 atom stereocenters. The van der Waals surface area contributed by atoms with Gasteiger partial charge < -0.3 is 4.57 Å². The van der Waals surface area contributed by atoms with Gasteiger partial charge in [-0.1, -0.05) is 182 Å². The van der Waals surface area contributed by atoms with Crippen LogP contribution in [0.1, 0.15) is 5.48 Å². The average Bonchev–Trinajstić information content (AvgIpc) is 3.67. The molecule has 0 unspecified atom stereocenters. The molecule has 0 aliphatic rings. The van der Waals surface area contributed by atoms with Gasteiger partial charge in [-0.25, -0.2) is 15.0 Å². The van der Waals surface area contributed by atoms with Crippen LogP contribution in [0.2, 0.25) is 0 Å². The van der Waals surface area contributed by atoms with Crippen molar-refractivity contribution < 1.29 is 5.48 Å². The third kappa shape index (κ3) is 6.06. The van der Waals surface area contributed by atoms with Gasteiger partial charge in [0.25, 0.3) is 0 Å². The van der Waals surface area contributed by atoms with Crippen LogP contribution in [0.15, 0.2) is 206 Å². The standard InChI is InChI=1S/C51H34N4/c1-4-14-35(15-5-1)36-26-30-38(31-27-36)44-23-13-25-47-48(44)45-22-10-11-24-46(45)55(47)43-21-12-20-42(34-43)37-28-32-41(33-29-37)51-53-49(39-16-6-2-7-17-39)52-50(54-51)40-18-8-3-9-19-40/h1-34H/i10D,11D,22D,24D. The first kappa shape index (κ1) is 28.1. The summed E-state index contributed by atoms with van der Waals surface area (Å²) in [6, 6.07) is 60.0. The second kappa shape index (κ2) is 13.8. The number of hydrogen-bond donors (Lipinski definition) is 0. The van der Waals surface area contributed by atoms with Crippen LogP contribution in [0.3, 0.4) is 0 Å². The molecule has 0 radical (unpaired) electrons. The molecular formula is C51H34N4. The lowest BCUT2D eigenvalue weighted by molar-refractivity contribution is 1.07. The third-order valence-corrected chi connectivity index (χ3v) is 10.0. The Kier molecular flexibility index (Phi) is 7.08. The number of aromatic nitrogens is 4. The van der Waals surface area contributed by atoms with Crippen LogP contribution in [0, 0.1) is 0 Å². The van der Waals surface area contributed by atoms with Gasteiger partial charge in [0.15, 0.2) is 17.5 Å². The lowest BCUT2D eigenvalue weighted by atomic mass is 9.97. The van der Waals surface area contributed by atoms with Gasteiger partial charge in [-0.05, 0) is 57.6 Å². The maximum atomic E-state index is 9.18. The molecule has 0 aliphatic carbocycles. The predicted molar refractivity (Wildman–Crippen MR) is 227 cm³/mol. The first-order chi connectivity index (χ1) is 28.9. The number of para-hydroxylation sites is 1. The van der Waals surface area contributed by atoms with Crippen molar-refractivity contribution in [1.82, 2.24) is 19.5 Å². The highest BCUT2D eigenvalue weighted by atomic mass is 15.0. The highest BCUT2D eigenvalue weighted by molar-refractivity contribution is 6.15. The van der Waals surface area contributed by atoms with Gasteiger partial charge in [-0.2, -0.15) is 0 Å². The molecule has 0 bridgehead atoms. The van der Waals surface area contributed by atoms with Crippen molar-refractivity contribution in [2.24, 2.45) is 0 Å². The zero-order valence-electron chi connectivity index (χ0n) is 33.6. The van der Waals surface area contributed by atoms with E-state index in [4.69, 9.17) is 19.1 Å². The number of rotatable bonds is 7. The van der Waals surface area contributed by atoms with Crippen LogP contribution in [-0.2, 0) is 0 Å². The minimum absolute atomic E-state index is 0.0611. The van der Waals surface area contributed by atoms with Gasteiger partial charge in [0.2, 0.25) is 0 Å². The zero-order chi connectivity index (χ0) is 40.0. The molecule has 4 heteroatoms. The van der Waals surface area contributed by atoms with Gasteiger partial charge in [0, 0.05) is 33.2 Å². The number of benzene rings is 8. The Hall–Kier alpha value is -7.43. The third-order valence-electron chi connectivity index (χ3n) is 10.0. The lowest BCUT2D eigenvalue weighted by Gasteiger charge is -2.12. The molecule has 258 valence electrons. The van der Waals surface area contributed by atoms with Crippen molar-refractivity contribution in [3.05, 3.63) is 206 Å². The van der Waals surface area contributed by atoms with Gasteiger partial charge in [0.1, 0.15) is 0 Å². The minimum Gasteiger partial charge on any atom is -0.309 e. The summed E-state index contributed by atoms with van der Waals surface area (Å²) in [6.07, 6.45) is 0. The summed E-state index contributed by atoms with van der Waals surface area (Å²) < 4.78 is 37.7. The molecule has 4 nitrogen and oxygen atoms in total. The van der Waals surface area contributed by atoms with E-state index in [0.717, 1.165) is 66.7 Å². The molecule has 8 aromatic carbocycles. The Balaban J connectivity index is 1.08. The van der Waals surface area contributed by atoms with Gasteiger partial charge >= 0.3 is 0 Å². The van der Waals surface area contributed by atoms with E-state index in [1.165, 1.54) is 0 Å². The molecule has 2 heterocycles. The van der Waals surface area contributed by atoms with E-state index in [2.05, 4.69) is 54.6 Å². The van der Waals surface area contributed by atoms with E-state index in [1.807, 2.05) is 132 Å².